The van der Waals surface area contributed by atoms with Crippen molar-refractivity contribution in [2.75, 3.05) is 18.8 Å². The number of carbonyl (C=O) groups is 1. The maximum absolute atomic E-state index is 12.3. The minimum absolute atomic E-state index is 0.0800. The highest BCUT2D eigenvalue weighted by atomic mass is 16.2. The summed E-state index contributed by atoms with van der Waals surface area (Å²) in [5.74, 6) is 0.851. The predicted octanol–water partition coefficient (Wildman–Crippen LogP) is 1.79. The van der Waals surface area contributed by atoms with Gasteiger partial charge in [-0.05, 0) is 42.9 Å². The molecule has 4 N–H and O–H groups in total. The van der Waals surface area contributed by atoms with E-state index >= 15 is 0 Å². The van der Waals surface area contributed by atoms with Crippen LogP contribution in [0.3, 0.4) is 0 Å². The van der Waals surface area contributed by atoms with Crippen LogP contribution >= 0.6 is 0 Å². The lowest BCUT2D eigenvalue weighted by Gasteiger charge is -2.33. The Kier molecular flexibility index (Phi) is 5.01. The highest BCUT2D eigenvalue weighted by molar-refractivity contribution is 5.82. The number of carbonyl (C=O) groups excluding carboxylic acids is 1. The average Bonchev–Trinajstić information content (AvgIpc) is 2.49. The normalized spacial score (nSPS) is 18.0. The van der Waals surface area contributed by atoms with Gasteiger partial charge >= 0.3 is 0 Å². The van der Waals surface area contributed by atoms with E-state index in [1.165, 1.54) is 6.42 Å². The Morgan fingerprint density at radius 3 is 2.45 bits per heavy atom. The van der Waals surface area contributed by atoms with Gasteiger partial charge in [0, 0.05) is 18.8 Å². The number of nitrogen functional groups attached to an aromatic ring is 1. The fourth-order valence-electron chi connectivity index (χ4n) is 2.79. The van der Waals surface area contributed by atoms with Gasteiger partial charge in [-0.25, -0.2) is 0 Å². The van der Waals surface area contributed by atoms with Gasteiger partial charge < -0.3 is 16.4 Å². The largest absolute Gasteiger partial charge is 0.399 e. The van der Waals surface area contributed by atoms with Crippen molar-refractivity contribution < 1.29 is 4.79 Å². The third-order valence-corrected chi connectivity index (χ3v) is 4.26. The van der Waals surface area contributed by atoms with Gasteiger partial charge in [-0.1, -0.05) is 25.5 Å². The number of amides is 1. The van der Waals surface area contributed by atoms with E-state index in [0.717, 1.165) is 43.1 Å². The van der Waals surface area contributed by atoms with Crippen LogP contribution in [0, 0.1) is 5.92 Å². The van der Waals surface area contributed by atoms with E-state index in [2.05, 4.69) is 6.92 Å². The van der Waals surface area contributed by atoms with Gasteiger partial charge in [-0.3, -0.25) is 4.79 Å². The topological polar surface area (TPSA) is 72.3 Å². The van der Waals surface area contributed by atoms with Crippen LogP contribution in [0.15, 0.2) is 24.3 Å². The molecule has 1 aliphatic heterocycles. The molecule has 2 rings (SSSR count). The lowest BCUT2D eigenvalue weighted by atomic mass is 9.94. The number of likely N-dealkylation sites (tertiary alicyclic amines) is 1. The molecule has 110 valence electrons. The third-order valence-electron chi connectivity index (χ3n) is 4.26. The van der Waals surface area contributed by atoms with E-state index in [1.54, 1.807) is 0 Å². The maximum Gasteiger partial charge on any atom is 0.239 e. The first-order valence-electron chi connectivity index (χ1n) is 7.49. The van der Waals surface area contributed by atoms with Crippen molar-refractivity contribution >= 4 is 11.6 Å². The SMILES string of the molecule is CCC1CCN(C(=O)[C@@H](N)Cc2ccc(N)cc2)CC1. The molecule has 0 saturated carbocycles. The van der Waals surface area contributed by atoms with Crippen LogP contribution in [0.2, 0.25) is 0 Å². The fourth-order valence-corrected chi connectivity index (χ4v) is 2.79. The minimum atomic E-state index is -0.447. The van der Waals surface area contributed by atoms with Crippen LogP contribution in [0.1, 0.15) is 31.7 Å². The Bertz CT molecular complexity index is 436. The van der Waals surface area contributed by atoms with E-state index in [9.17, 15) is 4.79 Å². The van der Waals surface area contributed by atoms with Crippen molar-refractivity contribution in [2.45, 2.75) is 38.6 Å². The quantitative estimate of drug-likeness (QED) is 0.823. The Morgan fingerprint density at radius 2 is 1.90 bits per heavy atom. The van der Waals surface area contributed by atoms with E-state index in [4.69, 9.17) is 11.5 Å². The van der Waals surface area contributed by atoms with E-state index < -0.39 is 6.04 Å². The van der Waals surface area contributed by atoms with Crippen LogP contribution in [-0.2, 0) is 11.2 Å². The smallest absolute Gasteiger partial charge is 0.239 e. The Hall–Kier alpha value is -1.55. The zero-order valence-corrected chi connectivity index (χ0v) is 12.2. The summed E-state index contributed by atoms with van der Waals surface area (Å²) < 4.78 is 0. The molecular weight excluding hydrogens is 250 g/mol. The molecular formula is C16H25N3O. The number of hydrogen-bond donors (Lipinski definition) is 2. The highest BCUT2D eigenvalue weighted by Gasteiger charge is 2.25. The highest BCUT2D eigenvalue weighted by Crippen LogP contribution is 2.20. The molecule has 0 unspecified atom stereocenters. The van der Waals surface area contributed by atoms with Crippen molar-refractivity contribution in [3.8, 4) is 0 Å². The van der Waals surface area contributed by atoms with Crippen molar-refractivity contribution in [1.82, 2.24) is 4.90 Å². The molecule has 0 spiro atoms. The van der Waals surface area contributed by atoms with Gasteiger partial charge in [0.2, 0.25) is 5.91 Å². The summed E-state index contributed by atoms with van der Waals surface area (Å²) in [4.78, 5) is 14.3. The Morgan fingerprint density at radius 1 is 1.30 bits per heavy atom. The second-order valence-corrected chi connectivity index (χ2v) is 5.73. The first-order chi connectivity index (χ1) is 9.60. The maximum atomic E-state index is 12.3. The molecule has 0 aliphatic carbocycles. The monoisotopic (exact) mass is 275 g/mol. The fraction of sp³-hybridized carbons (Fsp3) is 0.562. The molecule has 1 heterocycles. The molecule has 1 fully saturated rings. The van der Waals surface area contributed by atoms with Gasteiger partial charge in [0.15, 0.2) is 0 Å². The third kappa shape index (κ3) is 3.73. The van der Waals surface area contributed by atoms with Gasteiger partial charge in [0.25, 0.3) is 0 Å². The van der Waals surface area contributed by atoms with Crippen molar-refractivity contribution in [1.29, 1.82) is 0 Å². The van der Waals surface area contributed by atoms with Gasteiger partial charge in [-0.2, -0.15) is 0 Å². The summed E-state index contributed by atoms with van der Waals surface area (Å²) in [5, 5.41) is 0. The summed E-state index contributed by atoms with van der Waals surface area (Å²) in [7, 11) is 0. The standard InChI is InChI=1S/C16H25N3O/c1-2-12-7-9-19(10-8-12)16(20)15(18)11-13-3-5-14(17)6-4-13/h3-6,12,15H,2,7-11,17-18H2,1H3/t15-/m0/s1. The second kappa shape index (κ2) is 6.75. The lowest BCUT2D eigenvalue weighted by molar-refractivity contribution is -0.134. The lowest BCUT2D eigenvalue weighted by Crippen LogP contribution is -2.48. The number of rotatable bonds is 4. The summed E-state index contributed by atoms with van der Waals surface area (Å²) in [6.07, 6.45) is 4.00. The molecule has 1 saturated heterocycles. The minimum Gasteiger partial charge on any atom is -0.399 e. The second-order valence-electron chi connectivity index (χ2n) is 5.73. The molecule has 1 amide bonds. The molecule has 1 aromatic rings. The number of nitrogens with two attached hydrogens (primary N) is 2. The molecule has 0 aromatic heterocycles. The van der Waals surface area contributed by atoms with Crippen molar-refractivity contribution in [3.63, 3.8) is 0 Å². The van der Waals surface area contributed by atoms with E-state index in [1.807, 2.05) is 29.2 Å². The average molecular weight is 275 g/mol. The molecule has 1 aromatic carbocycles. The van der Waals surface area contributed by atoms with E-state index in [0.29, 0.717) is 6.42 Å². The molecule has 0 bridgehead atoms. The molecule has 0 radical (unpaired) electrons. The van der Waals surface area contributed by atoms with Crippen LogP contribution in [-0.4, -0.2) is 29.9 Å². The Labute approximate surface area is 121 Å². The summed E-state index contributed by atoms with van der Waals surface area (Å²) >= 11 is 0. The first kappa shape index (κ1) is 14.9. The summed E-state index contributed by atoms with van der Waals surface area (Å²) in [6.45, 7) is 3.93. The van der Waals surface area contributed by atoms with Crippen LogP contribution < -0.4 is 11.5 Å². The zero-order valence-electron chi connectivity index (χ0n) is 12.2. The zero-order chi connectivity index (χ0) is 14.5. The number of piperidine rings is 1. The number of hydrogen-bond acceptors (Lipinski definition) is 3. The van der Waals surface area contributed by atoms with Gasteiger partial charge in [0.05, 0.1) is 6.04 Å². The molecule has 1 aliphatic rings. The molecule has 20 heavy (non-hydrogen) atoms. The molecule has 1 atom stereocenters. The summed E-state index contributed by atoms with van der Waals surface area (Å²) in [5.41, 5.74) is 13.5. The molecule has 4 heteroatoms. The number of benzene rings is 1. The Balaban J connectivity index is 1.87. The first-order valence-corrected chi connectivity index (χ1v) is 7.49. The van der Waals surface area contributed by atoms with Gasteiger partial charge in [-0.15, -0.1) is 0 Å². The van der Waals surface area contributed by atoms with Gasteiger partial charge in [0.1, 0.15) is 0 Å². The molecule has 4 nitrogen and oxygen atoms in total. The van der Waals surface area contributed by atoms with Crippen LogP contribution in [0.4, 0.5) is 5.69 Å². The summed E-state index contributed by atoms with van der Waals surface area (Å²) in [6, 6.07) is 7.12. The number of nitrogens with zero attached hydrogens (tertiary/aromatic N) is 1. The van der Waals surface area contributed by atoms with Crippen LogP contribution in [0.5, 0.6) is 0 Å². The van der Waals surface area contributed by atoms with Crippen molar-refractivity contribution in [3.05, 3.63) is 29.8 Å². The van der Waals surface area contributed by atoms with Crippen LogP contribution in [0.25, 0.3) is 0 Å². The predicted molar refractivity (Wildman–Crippen MR) is 82.1 cm³/mol. The number of anilines is 1. The van der Waals surface area contributed by atoms with Crippen molar-refractivity contribution in [2.24, 2.45) is 11.7 Å². The van der Waals surface area contributed by atoms with E-state index in [-0.39, 0.29) is 5.91 Å².